The van der Waals surface area contributed by atoms with Gasteiger partial charge in [0.25, 0.3) is 0 Å². The lowest BCUT2D eigenvalue weighted by molar-refractivity contribution is -0.107. The van der Waals surface area contributed by atoms with Crippen molar-refractivity contribution >= 4 is 6.29 Å². The summed E-state index contributed by atoms with van der Waals surface area (Å²) in [5.41, 5.74) is 0. The summed E-state index contributed by atoms with van der Waals surface area (Å²) >= 11 is 0. The predicted molar refractivity (Wildman–Crippen MR) is 86.7 cm³/mol. The third-order valence-electron chi connectivity index (χ3n) is 3.04. The molecule has 0 rings (SSSR count). The fraction of sp³-hybridized carbons (Fsp3) is 0.611. The van der Waals surface area contributed by atoms with Gasteiger partial charge in [-0.2, -0.15) is 0 Å². The molecule has 0 aromatic rings. The van der Waals surface area contributed by atoms with Crippen LogP contribution in [-0.2, 0) is 4.79 Å². The minimum absolute atomic E-state index is 0.392. The number of allylic oxidation sites excluding steroid dienone is 4. The van der Waals surface area contributed by atoms with E-state index < -0.39 is 6.10 Å². The third-order valence-corrected chi connectivity index (χ3v) is 3.04. The summed E-state index contributed by atoms with van der Waals surface area (Å²) in [6, 6.07) is 0. The Morgan fingerprint density at radius 2 is 1.60 bits per heavy atom. The Labute approximate surface area is 124 Å². The normalized spacial score (nSPS) is 13.7. The fourth-order valence-corrected chi connectivity index (χ4v) is 1.80. The van der Waals surface area contributed by atoms with Crippen LogP contribution in [0.25, 0.3) is 0 Å². The molecule has 0 spiro atoms. The summed E-state index contributed by atoms with van der Waals surface area (Å²) in [4.78, 5) is 10.1. The van der Waals surface area contributed by atoms with Crippen LogP contribution in [0, 0.1) is 0 Å². The highest BCUT2D eigenvalue weighted by Crippen LogP contribution is 2.03. The van der Waals surface area contributed by atoms with E-state index >= 15 is 0 Å². The van der Waals surface area contributed by atoms with Crippen LogP contribution in [0.15, 0.2) is 36.5 Å². The maximum absolute atomic E-state index is 10.1. The first-order valence-corrected chi connectivity index (χ1v) is 7.91. The topological polar surface area (TPSA) is 37.3 Å². The van der Waals surface area contributed by atoms with Crippen molar-refractivity contribution in [3.05, 3.63) is 36.5 Å². The van der Waals surface area contributed by atoms with Gasteiger partial charge in [0, 0.05) is 6.42 Å². The van der Waals surface area contributed by atoms with Crippen molar-refractivity contribution in [2.24, 2.45) is 0 Å². The lowest BCUT2D eigenvalue weighted by Crippen LogP contribution is -1.98. The van der Waals surface area contributed by atoms with Crippen molar-refractivity contribution in [1.29, 1.82) is 0 Å². The second-order valence-electron chi connectivity index (χ2n) is 5.03. The summed E-state index contributed by atoms with van der Waals surface area (Å²) in [5, 5.41) is 9.71. The molecule has 0 aromatic heterocycles. The molecule has 1 atom stereocenters. The number of aldehydes is 1. The molecule has 0 radical (unpaired) electrons. The lowest BCUT2D eigenvalue weighted by Gasteiger charge is -1.99. The summed E-state index contributed by atoms with van der Waals surface area (Å²) in [6.07, 6.45) is 21.8. The molecule has 0 saturated carbocycles. The number of aliphatic hydroxyl groups excluding tert-OH is 1. The van der Waals surface area contributed by atoms with Gasteiger partial charge < -0.3 is 9.90 Å². The molecule has 0 aliphatic heterocycles. The van der Waals surface area contributed by atoms with E-state index in [4.69, 9.17) is 0 Å². The molecule has 2 heteroatoms. The van der Waals surface area contributed by atoms with E-state index in [0.717, 1.165) is 32.0 Å². The second kappa shape index (κ2) is 15.9. The smallest absolute Gasteiger partial charge is 0.119 e. The minimum atomic E-state index is -0.392. The van der Waals surface area contributed by atoms with Gasteiger partial charge in [-0.25, -0.2) is 0 Å². The van der Waals surface area contributed by atoms with E-state index in [0.29, 0.717) is 12.8 Å². The van der Waals surface area contributed by atoms with Gasteiger partial charge in [-0.3, -0.25) is 0 Å². The Hall–Kier alpha value is -1.15. The molecule has 0 bridgehead atoms. The van der Waals surface area contributed by atoms with E-state index in [9.17, 15) is 9.90 Å². The Bertz CT molecular complexity index is 290. The molecule has 114 valence electrons. The van der Waals surface area contributed by atoms with Gasteiger partial charge in [-0.1, -0.05) is 56.2 Å². The number of unbranched alkanes of at least 4 members (excludes halogenated alkanes) is 6. The molecule has 1 unspecified atom stereocenters. The van der Waals surface area contributed by atoms with Crippen LogP contribution in [0.1, 0.15) is 64.7 Å². The average molecular weight is 278 g/mol. The maximum atomic E-state index is 10.1. The zero-order valence-corrected chi connectivity index (χ0v) is 12.8. The van der Waals surface area contributed by atoms with Crippen molar-refractivity contribution in [1.82, 2.24) is 0 Å². The quantitative estimate of drug-likeness (QED) is 0.228. The number of hydrogen-bond acceptors (Lipinski definition) is 2. The Morgan fingerprint density at radius 1 is 0.900 bits per heavy atom. The highest BCUT2D eigenvalue weighted by atomic mass is 16.3. The van der Waals surface area contributed by atoms with Gasteiger partial charge in [-0.15, -0.1) is 0 Å². The van der Waals surface area contributed by atoms with Gasteiger partial charge in [0.05, 0.1) is 6.10 Å². The van der Waals surface area contributed by atoms with E-state index in [2.05, 4.69) is 25.2 Å². The molecule has 0 fully saturated rings. The van der Waals surface area contributed by atoms with Gasteiger partial charge >= 0.3 is 0 Å². The first-order valence-electron chi connectivity index (χ1n) is 7.91. The van der Waals surface area contributed by atoms with Gasteiger partial charge in [0.15, 0.2) is 0 Å². The lowest BCUT2D eigenvalue weighted by atomic mass is 10.1. The standard InChI is InChI=1S/C18H30O2/c1-2-3-4-5-9-12-15-18(20)16-13-10-7-6-8-11-14-17-19/h7,9-10,12-13,16-18,20H,2-6,8,11,14-15H2,1H3/b10-7-,12-9-,16-13-. The molecule has 0 heterocycles. The maximum Gasteiger partial charge on any atom is 0.119 e. The first-order chi connectivity index (χ1) is 9.81. The van der Waals surface area contributed by atoms with Crippen molar-refractivity contribution in [2.75, 3.05) is 0 Å². The van der Waals surface area contributed by atoms with Crippen LogP contribution < -0.4 is 0 Å². The molecular weight excluding hydrogens is 248 g/mol. The number of rotatable bonds is 13. The van der Waals surface area contributed by atoms with Crippen molar-refractivity contribution in [2.45, 2.75) is 70.8 Å². The predicted octanol–water partition coefficient (Wildman–Crippen LogP) is 4.75. The summed E-state index contributed by atoms with van der Waals surface area (Å²) in [7, 11) is 0. The molecule has 0 aromatic carbocycles. The monoisotopic (exact) mass is 278 g/mol. The highest BCUT2D eigenvalue weighted by molar-refractivity contribution is 5.48. The first kappa shape index (κ1) is 18.9. The van der Waals surface area contributed by atoms with Crippen LogP contribution in [0.4, 0.5) is 0 Å². The van der Waals surface area contributed by atoms with Crippen LogP contribution in [0.5, 0.6) is 0 Å². The van der Waals surface area contributed by atoms with Crippen molar-refractivity contribution in [3.8, 4) is 0 Å². The molecule has 0 aliphatic rings. The van der Waals surface area contributed by atoms with Crippen molar-refractivity contribution in [3.63, 3.8) is 0 Å². The number of hydrogen-bond donors (Lipinski definition) is 1. The number of carbonyl (C=O) groups is 1. The van der Waals surface area contributed by atoms with E-state index in [1.807, 2.05) is 18.2 Å². The molecule has 2 nitrogen and oxygen atoms in total. The number of aliphatic hydroxyl groups is 1. The molecule has 0 amide bonds. The zero-order chi connectivity index (χ0) is 14.9. The third kappa shape index (κ3) is 14.9. The largest absolute Gasteiger partial charge is 0.389 e. The summed E-state index contributed by atoms with van der Waals surface area (Å²) < 4.78 is 0. The Kier molecular flexibility index (Phi) is 15.0. The molecule has 0 saturated heterocycles. The second-order valence-corrected chi connectivity index (χ2v) is 5.03. The van der Waals surface area contributed by atoms with Crippen LogP contribution >= 0.6 is 0 Å². The van der Waals surface area contributed by atoms with Gasteiger partial charge in [0.1, 0.15) is 6.29 Å². The van der Waals surface area contributed by atoms with E-state index in [1.165, 1.54) is 19.3 Å². The van der Waals surface area contributed by atoms with E-state index in [1.54, 1.807) is 0 Å². The summed E-state index contributed by atoms with van der Waals surface area (Å²) in [5.74, 6) is 0. The Morgan fingerprint density at radius 3 is 2.35 bits per heavy atom. The van der Waals surface area contributed by atoms with Crippen LogP contribution in [0.2, 0.25) is 0 Å². The number of carbonyl (C=O) groups excluding carboxylic acids is 1. The van der Waals surface area contributed by atoms with Crippen molar-refractivity contribution < 1.29 is 9.90 Å². The fourth-order valence-electron chi connectivity index (χ4n) is 1.80. The van der Waals surface area contributed by atoms with E-state index in [-0.39, 0.29) is 0 Å². The molecule has 1 N–H and O–H groups in total. The summed E-state index contributed by atoms with van der Waals surface area (Å²) in [6.45, 7) is 2.20. The van der Waals surface area contributed by atoms with Crippen LogP contribution in [0.3, 0.4) is 0 Å². The van der Waals surface area contributed by atoms with Gasteiger partial charge in [-0.05, 0) is 38.5 Å². The molecule has 20 heavy (non-hydrogen) atoms. The molecular formula is C18H30O2. The van der Waals surface area contributed by atoms with Gasteiger partial charge in [0.2, 0.25) is 0 Å². The Balaban J connectivity index is 3.53. The SMILES string of the molecule is CCCCC/C=C\CC(O)/C=C\C=C/CCCCC=O. The highest BCUT2D eigenvalue weighted by Gasteiger charge is 1.93. The average Bonchev–Trinajstić information content (AvgIpc) is 2.45. The minimum Gasteiger partial charge on any atom is -0.389 e. The van der Waals surface area contributed by atoms with Crippen LogP contribution in [-0.4, -0.2) is 17.5 Å². The zero-order valence-electron chi connectivity index (χ0n) is 12.8. The molecule has 0 aliphatic carbocycles.